The fourth-order valence-electron chi connectivity index (χ4n) is 6.84. The third kappa shape index (κ3) is 4.14. The first-order chi connectivity index (χ1) is 23.3. The number of hydrogen-bond acceptors (Lipinski definition) is 5. The molecule has 1 aliphatic heterocycles. The van der Waals surface area contributed by atoms with Crippen molar-refractivity contribution >= 4 is 64.5 Å². The van der Waals surface area contributed by atoms with Gasteiger partial charge < -0.3 is 0 Å². The summed E-state index contributed by atoms with van der Waals surface area (Å²) in [6.07, 6.45) is 0. The number of thiophene rings is 1. The number of benzene rings is 7. The van der Waals surface area contributed by atoms with E-state index in [1.807, 2.05) is 6.07 Å². The van der Waals surface area contributed by atoms with Crippen LogP contribution >= 0.6 is 11.3 Å². The molecule has 10 rings (SSSR count). The Morgan fingerprint density at radius 2 is 1.06 bits per heavy atom. The van der Waals surface area contributed by atoms with Crippen LogP contribution in [0.4, 0.5) is 5.69 Å². The Hall–Kier alpha value is -6.04. The Morgan fingerprint density at radius 3 is 1.96 bits per heavy atom. The van der Waals surface area contributed by atoms with Crippen LogP contribution in [0.2, 0.25) is 0 Å². The molecule has 0 aliphatic carbocycles. The van der Waals surface area contributed by atoms with Crippen LogP contribution in [0.25, 0.3) is 75.6 Å². The fourth-order valence-corrected chi connectivity index (χ4v) is 7.97. The van der Waals surface area contributed by atoms with E-state index in [1.54, 1.807) is 11.3 Å². The molecule has 0 spiro atoms. The lowest BCUT2D eigenvalue weighted by Gasteiger charge is -2.21. The molecule has 0 saturated heterocycles. The minimum Gasteiger partial charge on any atom is -0.244 e. The maximum Gasteiger partial charge on any atom is 0.183 e. The fraction of sp³-hybridized carbons (Fsp3) is 0. The highest BCUT2D eigenvalue weighted by molar-refractivity contribution is 7.25. The van der Waals surface area contributed by atoms with Crippen LogP contribution in [0, 0.1) is 0 Å². The first kappa shape index (κ1) is 26.2. The van der Waals surface area contributed by atoms with Gasteiger partial charge in [-0.25, -0.2) is 19.9 Å². The van der Waals surface area contributed by atoms with E-state index in [-0.39, 0.29) is 0 Å². The molecule has 0 saturated carbocycles. The molecule has 5 heteroatoms. The monoisotopic (exact) mass is 616 g/mol. The highest BCUT2D eigenvalue weighted by atomic mass is 32.1. The van der Waals surface area contributed by atoms with Crippen LogP contribution in [0.3, 0.4) is 0 Å². The van der Waals surface area contributed by atoms with Gasteiger partial charge in [0.05, 0.1) is 5.69 Å². The number of hydrogen-bond donors (Lipinski definition) is 0. The Balaban J connectivity index is 1.20. The summed E-state index contributed by atoms with van der Waals surface area (Å²) in [5, 5.41) is 7.15. The van der Waals surface area contributed by atoms with Crippen molar-refractivity contribution < 1.29 is 0 Å². The van der Waals surface area contributed by atoms with Crippen molar-refractivity contribution in [3.8, 4) is 33.9 Å². The Bertz CT molecular complexity index is 2730. The van der Waals surface area contributed by atoms with Crippen LogP contribution < -0.4 is 0 Å². The Kier molecular flexibility index (Phi) is 5.71. The zero-order chi connectivity index (χ0) is 30.9. The molecule has 0 unspecified atom stereocenters. The normalized spacial score (nSPS) is 12.4. The summed E-state index contributed by atoms with van der Waals surface area (Å²) >= 11 is 1.80. The first-order valence-corrected chi connectivity index (χ1v) is 16.5. The summed E-state index contributed by atoms with van der Waals surface area (Å²) in [5.41, 5.74) is 7.11. The highest BCUT2D eigenvalue weighted by Crippen LogP contribution is 2.42. The molecular weight excluding hydrogens is 593 g/mol. The van der Waals surface area contributed by atoms with E-state index in [0.29, 0.717) is 17.5 Å². The lowest BCUT2D eigenvalue weighted by molar-refractivity contribution is 1.04. The summed E-state index contributed by atoms with van der Waals surface area (Å²) in [7, 11) is 0. The van der Waals surface area contributed by atoms with Crippen molar-refractivity contribution in [1.82, 2.24) is 15.0 Å². The zero-order valence-electron chi connectivity index (χ0n) is 25.1. The van der Waals surface area contributed by atoms with Gasteiger partial charge in [-0.2, -0.15) is 0 Å². The third-order valence-corrected chi connectivity index (χ3v) is 10.2. The van der Waals surface area contributed by atoms with Crippen LogP contribution in [-0.4, -0.2) is 20.7 Å². The molecule has 0 N–H and O–H groups in total. The van der Waals surface area contributed by atoms with Gasteiger partial charge in [0.2, 0.25) is 0 Å². The maximum absolute atomic E-state index is 5.19. The van der Waals surface area contributed by atoms with Gasteiger partial charge in [0.1, 0.15) is 5.71 Å². The van der Waals surface area contributed by atoms with Crippen LogP contribution in [0.5, 0.6) is 0 Å². The van der Waals surface area contributed by atoms with Crippen molar-refractivity contribution in [2.45, 2.75) is 0 Å². The van der Waals surface area contributed by atoms with E-state index in [2.05, 4.69) is 140 Å². The molecule has 2 aromatic heterocycles. The second-order valence-electron chi connectivity index (χ2n) is 11.8. The van der Waals surface area contributed by atoms with Crippen LogP contribution in [0.1, 0.15) is 11.4 Å². The molecule has 3 heterocycles. The van der Waals surface area contributed by atoms with Crippen LogP contribution in [0.15, 0.2) is 151 Å². The molecule has 0 atom stereocenters. The molecular formula is C42H24N4S. The SMILES string of the molecule is c1ccc(-c2ccc(-c3nc(C4=Nc5ccc6ccc7ccccc7c6c54)nc(-c4cccc5sc6ccccc6c45)n3)cc2)cc1. The molecule has 0 fully saturated rings. The number of aromatic nitrogens is 3. The predicted octanol–water partition coefficient (Wildman–Crippen LogP) is 11.0. The number of nitrogens with zero attached hydrogens (tertiary/aromatic N) is 4. The van der Waals surface area contributed by atoms with Gasteiger partial charge in [-0.15, -0.1) is 11.3 Å². The minimum atomic E-state index is 0.585. The molecule has 1 aliphatic rings. The van der Waals surface area contributed by atoms with Crippen molar-refractivity contribution in [2.24, 2.45) is 4.99 Å². The quantitative estimate of drug-likeness (QED) is 0.185. The van der Waals surface area contributed by atoms with Gasteiger partial charge in [0.25, 0.3) is 0 Å². The topological polar surface area (TPSA) is 51.0 Å². The van der Waals surface area contributed by atoms with Gasteiger partial charge in [0.15, 0.2) is 17.5 Å². The van der Waals surface area contributed by atoms with Gasteiger partial charge in [-0.05, 0) is 45.5 Å². The average molecular weight is 617 g/mol. The number of rotatable bonds is 4. The molecule has 0 radical (unpaired) electrons. The second-order valence-corrected chi connectivity index (χ2v) is 12.9. The van der Waals surface area contributed by atoms with E-state index >= 15 is 0 Å². The van der Waals surface area contributed by atoms with Crippen molar-refractivity contribution in [3.05, 3.63) is 157 Å². The summed E-state index contributed by atoms with van der Waals surface area (Å²) in [4.78, 5) is 20.5. The summed E-state index contributed by atoms with van der Waals surface area (Å²) in [6.45, 7) is 0. The second kappa shape index (κ2) is 10.2. The van der Waals surface area contributed by atoms with E-state index in [0.717, 1.165) is 33.7 Å². The summed E-state index contributed by atoms with van der Waals surface area (Å²) < 4.78 is 2.46. The first-order valence-electron chi connectivity index (χ1n) is 15.6. The number of fused-ring (bicyclic) bond motifs is 8. The van der Waals surface area contributed by atoms with Crippen molar-refractivity contribution in [1.29, 1.82) is 0 Å². The predicted molar refractivity (Wildman–Crippen MR) is 196 cm³/mol. The van der Waals surface area contributed by atoms with E-state index in [1.165, 1.54) is 47.3 Å². The summed E-state index contributed by atoms with van der Waals surface area (Å²) in [6, 6.07) is 51.0. The molecule has 7 aromatic carbocycles. The van der Waals surface area contributed by atoms with Gasteiger partial charge in [-0.1, -0.05) is 127 Å². The minimum absolute atomic E-state index is 0.585. The average Bonchev–Trinajstić information content (AvgIpc) is 3.51. The molecule has 0 amide bonds. The molecule has 47 heavy (non-hydrogen) atoms. The van der Waals surface area contributed by atoms with Crippen LogP contribution in [-0.2, 0) is 0 Å². The van der Waals surface area contributed by atoms with Gasteiger partial charge >= 0.3 is 0 Å². The largest absolute Gasteiger partial charge is 0.244 e. The molecule has 9 aromatic rings. The van der Waals surface area contributed by atoms with Crippen molar-refractivity contribution in [2.75, 3.05) is 0 Å². The molecule has 4 nitrogen and oxygen atoms in total. The molecule has 218 valence electrons. The Labute approximate surface area is 274 Å². The smallest absolute Gasteiger partial charge is 0.183 e. The Morgan fingerprint density at radius 1 is 0.404 bits per heavy atom. The van der Waals surface area contributed by atoms with E-state index in [9.17, 15) is 0 Å². The lowest BCUT2D eigenvalue weighted by atomic mass is 9.90. The zero-order valence-corrected chi connectivity index (χ0v) is 25.9. The van der Waals surface area contributed by atoms with Crippen molar-refractivity contribution in [3.63, 3.8) is 0 Å². The van der Waals surface area contributed by atoms with Gasteiger partial charge in [-0.3, -0.25) is 0 Å². The summed E-state index contributed by atoms with van der Waals surface area (Å²) in [5.74, 6) is 1.86. The highest BCUT2D eigenvalue weighted by Gasteiger charge is 2.28. The lowest BCUT2D eigenvalue weighted by Crippen LogP contribution is -2.17. The third-order valence-electron chi connectivity index (χ3n) is 9.10. The number of aliphatic imine (C=N–C) groups is 1. The van der Waals surface area contributed by atoms with E-state index < -0.39 is 0 Å². The standard InChI is InChI=1S/C42H24N4S/c1-2-9-25(10-3-1)26-17-21-29(22-18-26)40-44-41(32-14-8-16-35-37(32)31-13-6-7-15-34(31)47-35)46-42(45-40)39-38-33(43-39)24-23-28-20-19-27-11-4-5-12-30(27)36(28)38/h1-24H. The van der Waals surface area contributed by atoms with E-state index in [4.69, 9.17) is 19.9 Å². The maximum atomic E-state index is 5.19. The molecule has 0 bridgehead atoms. The van der Waals surface area contributed by atoms with Gasteiger partial charge in [0, 0.05) is 42.2 Å².